The van der Waals surface area contributed by atoms with Gasteiger partial charge in [-0.15, -0.1) is 0 Å². The molecule has 1 saturated carbocycles. The van der Waals surface area contributed by atoms with Crippen LogP contribution in [0.4, 0.5) is 8.78 Å². The molecule has 0 atom stereocenters. The van der Waals surface area contributed by atoms with Crippen molar-refractivity contribution < 1.29 is 8.78 Å². The number of hydrogen-bond donors (Lipinski definition) is 0. The summed E-state index contributed by atoms with van der Waals surface area (Å²) in [5.74, 6) is -1.51. The quantitative estimate of drug-likeness (QED) is 0.629. The van der Waals surface area contributed by atoms with Crippen molar-refractivity contribution in [2.75, 3.05) is 0 Å². The largest absolute Gasteiger partial charge is 0.305 e. The zero-order valence-corrected chi connectivity index (χ0v) is 13.4. The van der Waals surface area contributed by atoms with Crippen molar-refractivity contribution in [3.63, 3.8) is 0 Å². The van der Waals surface area contributed by atoms with E-state index in [-0.39, 0.29) is 22.3 Å². The molecule has 0 saturated heterocycles. The first kappa shape index (κ1) is 15.3. The molecule has 0 aliphatic heterocycles. The van der Waals surface area contributed by atoms with E-state index in [1.54, 1.807) is 10.6 Å². The first-order valence-electron chi connectivity index (χ1n) is 7.71. The highest BCUT2D eigenvalue weighted by molar-refractivity contribution is 6.30. The van der Waals surface area contributed by atoms with Gasteiger partial charge in [-0.3, -0.25) is 4.79 Å². The minimum Gasteiger partial charge on any atom is -0.305 e. The molecule has 0 bridgehead atoms. The van der Waals surface area contributed by atoms with E-state index in [9.17, 15) is 13.6 Å². The molecule has 4 rings (SSSR count). The van der Waals surface area contributed by atoms with Crippen LogP contribution in [0.1, 0.15) is 25.3 Å². The molecular formula is C18H13ClF2N2O. The number of rotatable bonds is 2. The number of aromatic nitrogens is 2. The van der Waals surface area contributed by atoms with Gasteiger partial charge in [-0.05, 0) is 43.5 Å². The Bertz CT molecular complexity index is 992. The zero-order valence-electron chi connectivity index (χ0n) is 12.6. The third-order valence-electron chi connectivity index (χ3n) is 4.56. The number of halogens is 3. The summed E-state index contributed by atoms with van der Waals surface area (Å²) in [7, 11) is 0. The summed E-state index contributed by atoms with van der Waals surface area (Å²) in [4.78, 5) is 17.0. The minimum atomic E-state index is -0.756. The number of pyridine rings is 2. The third kappa shape index (κ3) is 2.31. The van der Waals surface area contributed by atoms with Gasteiger partial charge in [0.05, 0.1) is 16.6 Å². The van der Waals surface area contributed by atoms with Crippen molar-refractivity contribution in [3.05, 3.63) is 63.7 Å². The summed E-state index contributed by atoms with van der Waals surface area (Å²) in [5.41, 5.74) is -0.0507. The maximum atomic E-state index is 14.2. The first-order chi connectivity index (χ1) is 11.6. The lowest BCUT2D eigenvalue weighted by molar-refractivity contribution is 0.315. The van der Waals surface area contributed by atoms with E-state index in [0.29, 0.717) is 10.9 Å². The second-order valence-corrected chi connectivity index (χ2v) is 6.37. The van der Waals surface area contributed by atoms with Crippen LogP contribution >= 0.6 is 11.6 Å². The van der Waals surface area contributed by atoms with Crippen LogP contribution in [0, 0.1) is 11.6 Å². The van der Waals surface area contributed by atoms with Crippen LogP contribution in [-0.4, -0.2) is 9.55 Å². The Morgan fingerprint density at radius 2 is 1.88 bits per heavy atom. The zero-order chi connectivity index (χ0) is 16.8. The lowest BCUT2D eigenvalue weighted by atomic mass is 9.91. The fourth-order valence-corrected chi connectivity index (χ4v) is 3.30. The van der Waals surface area contributed by atoms with Crippen LogP contribution in [-0.2, 0) is 0 Å². The van der Waals surface area contributed by atoms with Gasteiger partial charge in [-0.2, -0.15) is 0 Å². The van der Waals surface area contributed by atoms with E-state index < -0.39 is 17.2 Å². The van der Waals surface area contributed by atoms with E-state index in [1.807, 2.05) is 0 Å². The predicted molar refractivity (Wildman–Crippen MR) is 89.3 cm³/mol. The van der Waals surface area contributed by atoms with Crippen LogP contribution in [0.25, 0.3) is 22.0 Å². The SMILES string of the molecule is O=c1c(-c2c(F)cccc2F)cc2cnc(Cl)cc2n1C1CCC1. The Morgan fingerprint density at radius 3 is 2.50 bits per heavy atom. The summed E-state index contributed by atoms with van der Waals surface area (Å²) in [6.45, 7) is 0. The molecule has 1 aliphatic rings. The average molecular weight is 347 g/mol. The molecule has 1 fully saturated rings. The minimum absolute atomic E-state index is 0.00845. The summed E-state index contributed by atoms with van der Waals surface area (Å²) < 4.78 is 30.0. The standard InChI is InChI=1S/C18H13ClF2N2O/c19-16-8-15-10(9-22-16)7-12(17-13(20)5-2-6-14(17)21)18(24)23(15)11-3-1-4-11/h2,5-9,11H,1,3-4H2. The predicted octanol–water partition coefficient (Wildman–Crippen LogP) is 4.72. The molecule has 2 heterocycles. The van der Waals surface area contributed by atoms with Crippen LogP contribution in [0.15, 0.2) is 41.3 Å². The van der Waals surface area contributed by atoms with Crippen molar-refractivity contribution in [1.82, 2.24) is 9.55 Å². The normalized spacial score (nSPS) is 14.8. The summed E-state index contributed by atoms with van der Waals surface area (Å²) in [6.07, 6.45) is 4.26. The third-order valence-corrected chi connectivity index (χ3v) is 4.77. The Labute approximate surface area is 141 Å². The van der Waals surface area contributed by atoms with Gasteiger partial charge in [0.15, 0.2) is 0 Å². The number of nitrogens with zero attached hydrogens (tertiary/aromatic N) is 2. The van der Waals surface area contributed by atoms with Gasteiger partial charge in [0, 0.05) is 17.6 Å². The second kappa shape index (κ2) is 5.67. The molecule has 1 aromatic carbocycles. The van der Waals surface area contributed by atoms with E-state index in [1.165, 1.54) is 18.3 Å². The molecule has 3 nitrogen and oxygen atoms in total. The Morgan fingerprint density at radius 1 is 1.17 bits per heavy atom. The van der Waals surface area contributed by atoms with Crippen LogP contribution in [0.2, 0.25) is 5.15 Å². The van der Waals surface area contributed by atoms with Crippen molar-refractivity contribution in [3.8, 4) is 11.1 Å². The summed E-state index contributed by atoms with van der Waals surface area (Å²) in [5, 5.41) is 0.906. The Kier molecular flexibility index (Phi) is 3.61. The molecular weight excluding hydrogens is 334 g/mol. The van der Waals surface area contributed by atoms with E-state index in [2.05, 4.69) is 4.98 Å². The van der Waals surface area contributed by atoms with Gasteiger partial charge < -0.3 is 4.57 Å². The highest BCUT2D eigenvalue weighted by Crippen LogP contribution is 2.35. The van der Waals surface area contributed by atoms with Crippen molar-refractivity contribution >= 4 is 22.5 Å². The second-order valence-electron chi connectivity index (χ2n) is 5.98. The highest BCUT2D eigenvalue weighted by atomic mass is 35.5. The molecule has 0 amide bonds. The fraction of sp³-hybridized carbons (Fsp3) is 0.222. The monoisotopic (exact) mass is 346 g/mol. The number of hydrogen-bond acceptors (Lipinski definition) is 2. The molecule has 24 heavy (non-hydrogen) atoms. The molecule has 1 aliphatic carbocycles. The van der Waals surface area contributed by atoms with Crippen molar-refractivity contribution in [2.24, 2.45) is 0 Å². The van der Waals surface area contributed by atoms with Crippen LogP contribution in [0.3, 0.4) is 0 Å². The van der Waals surface area contributed by atoms with Gasteiger partial charge in [0.1, 0.15) is 16.8 Å². The summed E-state index contributed by atoms with van der Waals surface area (Å²) in [6, 6.07) is 6.70. The van der Waals surface area contributed by atoms with Gasteiger partial charge in [0.25, 0.3) is 5.56 Å². The Hall–Kier alpha value is -2.27. The number of fused-ring (bicyclic) bond motifs is 1. The lowest BCUT2D eigenvalue weighted by Crippen LogP contribution is -2.30. The topological polar surface area (TPSA) is 34.9 Å². The van der Waals surface area contributed by atoms with Crippen molar-refractivity contribution in [2.45, 2.75) is 25.3 Å². The van der Waals surface area contributed by atoms with E-state index in [4.69, 9.17) is 11.6 Å². The van der Waals surface area contributed by atoms with E-state index >= 15 is 0 Å². The molecule has 0 unspecified atom stereocenters. The van der Waals surface area contributed by atoms with E-state index in [0.717, 1.165) is 31.4 Å². The maximum Gasteiger partial charge on any atom is 0.259 e. The fourth-order valence-electron chi connectivity index (χ4n) is 3.15. The highest BCUT2D eigenvalue weighted by Gasteiger charge is 2.25. The smallest absolute Gasteiger partial charge is 0.259 e. The first-order valence-corrected chi connectivity index (χ1v) is 8.09. The van der Waals surface area contributed by atoms with Gasteiger partial charge in [-0.1, -0.05) is 17.7 Å². The molecule has 2 aromatic heterocycles. The van der Waals surface area contributed by atoms with Gasteiger partial charge in [0.2, 0.25) is 0 Å². The molecule has 0 spiro atoms. The molecule has 6 heteroatoms. The van der Waals surface area contributed by atoms with Crippen LogP contribution in [0.5, 0.6) is 0 Å². The molecule has 0 radical (unpaired) electrons. The Balaban J connectivity index is 2.09. The van der Waals surface area contributed by atoms with Gasteiger partial charge in [-0.25, -0.2) is 13.8 Å². The molecule has 0 N–H and O–H groups in total. The van der Waals surface area contributed by atoms with Gasteiger partial charge >= 0.3 is 0 Å². The average Bonchev–Trinajstić information content (AvgIpc) is 2.49. The number of benzene rings is 1. The van der Waals surface area contributed by atoms with Crippen molar-refractivity contribution in [1.29, 1.82) is 0 Å². The summed E-state index contributed by atoms with van der Waals surface area (Å²) >= 11 is 5.97. The maximum absolute atomic E-state index is 14.2. The lowest BCUT2D eigenvalue weighted by Gasteiger charge is -2.29. The molecule has 3 aromatic rings. The molecule has 122 valence electrons. The van der Waals surface area contributed by atoms with Crippen LogP contribution < -0.4 is 5.56 Å².